The number of hydrogen-bond donors (Lipinski definition) is 3. The van der Waals surface area contributed by atoms with Gasteiger partial charge in [0.25, 0.3) is 5.91 Å². The number of hydrogen-bond acceptors (Lipinski definition) is 5. The van der Waals surface area contributed by atoms with Crippen LogP contribution in [0.25, 0.3) is 10.8 Å². The van der Waals surface area contributed by atoms with Crippen molar-refractivity contribution in [3.8, 4) is 11.5 Å². The van der Waals surface area contributed by atoms with Crippen LogP contribution in [-0.4, -0.2) is 34.7 Å². The van der Waals surface area contributed by atoms with Gasteiger partial charge in [0.2, 0.25) is 0 Å². The Balaban J connectivity index is 1.37. The zero-order valence-electron chi connectivity index (χ0n) is 15.9. The number of phenols is 2. The minimum Gasteiger partial charge on any atom is -0.507 e. The molecule has 2 aliphatic rings. The van der Waals surface area contributed by atoms with E-state index in [9.17, 15) is 19.8 Å². The van der Waals surface area contributed by atoms with E-state index in [0.717, 1.165) is 18.4 Å². The van der Waals surface area contributed by atoms with Crippen molar-refractivity contribution in [3.63, 3.8) is 0 Å². The van der Waals surface area contributed by atoms with E-state index in [1.165, 1.54) is 19.3 Å². The molecule has 0 spiro atoms. The summed E-state index contributed by atoms with van der Waals surface area (Å²) in [5.74, 6) is 0.397. The molecule has 2 saturated carbocycles. The van der Waals surface area contributed by atoms with Gasteiger partial charge in [-0.15, -0.1) is 0 Å². The molecule has 0 heterocycles. The van der Waals surface area contributed by atoms with Crippen LogP contribution in [-0.2, 0) is 9.53 Å². The molecular weight excluding hydrogens is 358 g/mol. The Hall–Kier alpha value is -2.76. The molecular formula is C22H25NO5. The third-order valence-corrected chi connectivity index (χ3v) is 6.37. The molecule has 2 aromatic carbocycles. The lowest BCUT2D eigenvalue weighted by Crippen LogP contribution is -2.42. The SMILES string of the molecule is C[C@@H](NC(=O)COC(=O)c1cc(O)c2ccccc2c1O)[C@@H]1C[C@H]2CC[C@H]1C2. The average molecular weight is 383 g/mol. The molecule has 6 heteroatoms. The van der Waals surface area contributed by atoms with Crippen LogP contribution in [0.2, 0.25) is 0 Å². The van der Waals surface area contributed by atoms with Crippen LogP contribution in [0.5, 0.6) is 11.5 Å². The zero-order chi connectivity index (χ0) is 19.8. The number of phenolic OH excluding ortho intramolecular Hbond substituents is 2. The fourth-order valence-electron chi connectivity index (χ4n) is 5.01. The van der Waals surface area contributed by atoms with Crippen molar-refractivity contribution < 1.29 is 24.5 Å². The highest BCUT2D eigenvalue weighted by molar-refractivity contribution is 6.04. The summed E-state index contributed by atoms with van der Waals surface area (Å²) >= 11 is 0. The second-order valence-electron chi connectivity index (χ2n) is 8.11. The van der Waals surface area contributed by atoms with Gasteiger partial charge in [-0.3, -0.25) is 4.79 Å². The number of benzene rings is 2. The van der Waals surface area contributed by atoms with E-state index < -0.39 is 12.6 Å². The molecule has 4 rings (SSSR count). The maximum Gasteiger partial charge on any atom is 0.342 e. The molecule has 2 fully saturated rings. The zero-order valence-corrected chi connectivity index (χ0v) is 15.9. The number of aromatic hydroxyl groups is 2. The van der Waals surface area contributed by atoms with E-state index in [2.05, 4.69) is 5.32 Å². The fraction of sp³-hybridized carbons (Fsp3) is 0.455. The van der Waals surface area contributed by atoms with Gasteiger partial charge < -0.3 is 20.3 Å². The van der Waals surface area contributed by atoms with Crippen LogP contribution in [0.15, 0.2) is 30.3 Å². The molecule has 0 radical (unpaired) electrons. The van der Waals surface area contributed by atoms with Crippen molar-refractivity contribution in [2.75, 3.05) is 6.61 Å². The largest absolute Gasteiger partial charge is 0.507 e. The van der Waals surface area contributed by atoms with Crippen LogP contribution in [0.4, 0.5) is 0 Å². The molecule has 3 N–H and O–H groups in total. The van der Waals surface area contributed by atoms with E-state index in [0.29, 0.717) is 22.6 Å². The topological polar surface area (TPSA) is 95.9 Å². The Bertz CT molecular complexity index is 925. The van der Waals surface area contributed by atoms with Gasteiger partial charge in [0, 0.05) is 16.8 Å². The summed E-state index contributed by atoms with van der Waals surface area (Å²) in [5.41, 5.74) is -0.162. The minimum atomic E-state index is -0.846. The number of fused-ring (bicyclic) bond motifs is 3. The molecule has 0 aromatic heterocycles. The molecule has 0 aliphatic heterocycles. The van der Waals surface area contributed by atoms with Crippen LogP contribution in [0.1, 0.15) is 43.0 Å². The smallest absolute Gasteiger partial charge is 0.342 e. The molecule has 4 atom stereocenters. The molecule has 0 unspecified atom stereocenters. The van der Waals surface area contributed by atoms with E-state index in [-0.39, 0.29) is 29.0 Å². The Morgan fingerprint density at radius 3 is 2.61 bits per heavy atom. The molecule has 2 bridgehead atoms. The second kappa shape index (κ2) is 7.34. The Labute approximate surface area is 163 Å². The van der Waals surface area contributed by atoms with Crippen molar-refractivity contribution in [1.29, 1.82) is 0 Å². The fourth-order valence-corrected chi connectivity index (χ4v) is 5.01. The summed E-state index contributed by atoms with van der Waals surface area (Å²) in [6, 6.07) is 7.88. The van der Waals surface area contributed by atoms with Gasteiger partial charge in [0.1, 0.15) is 17.1 Å². The Kier molecular flexibility index (Phi) is 4.87. The normalized spacial score (nSPS) is 24.2. The first kappa shape index (κ1) is 18.6. The third-order valence-electron chi connectivity index (χ3n) is 6.37. The maximum absolute atomic E-state index is 12.3. The highest BCUT2D eigenvalue weighted by atomic mass is 16.5. The Morgan fingerprint density at radius 1 is 1.18 bits per heavy atom. The summed E-state index contributed by atoms with van der Waals surface area (Å²) in [7, 11) is 0. The monoisotopic (exact) mass is 383 g/mol. The highest BCUT2D eigenvalue weighted by Crippen LogP contribution is 2.49. The minimum absolute atomic E-state index is 0.0552. The van der Waals surface area contributed by atoms with Gasteiger partial charge in [0.15, 0.2) is 6.61 Å². The first-order valence-corrected chi connectivity index (χ1v) is 9.84. The first-order valence-electron chi connectivity index (χ1n) is 9.84. The number of carbonyl (C=O) groups excluding carboxylic acids is 2. The van der Waals surface area contributed by atoms with E-state index >= 15 is 0 Å². The summed E-state index contributed by atoms with van der Waals surface area (Å²) < 4.78 is 5.08. The number of ether oxygens (including phenoxy) is 1. The molecule has 1 amide bonds. The lowest BCUT2D eigenvalue weighted by molar-refractivity contribution is -0.125. The van der Waals surface area contributed by atoms with Gasteiger partial charge >= 0.3 is 5.97 Å². The van der Waals surface area contributed by atoms with E-state index in [1.54, 1.807) is 24.3 Å². The van der Waals surface area contributed by atoms with Crippen molar-refractivity contribution in [2.24, 2.45) is 17.8 Å². The van der Waals surface area contributed by atoms with Crippen LogP contribution in [0, 0.1) is 17.8 Å². The number of nitrogens with one attached hydrogen (secondary N) is 1. The van der Waals surface area contributed by atoms with Gasteiger partial charge in [0.05, 0.1) is 0 Å². The standard InChI is InChI=1S/C22H25NO5/c1-12(17-9-13-6-7-14(17)8-13)23-20(25)11-28-22(27)18-10-19(24)15-4-2-3-5-16(15)21(18)26/h2-5,10,12-14,17,24,26H,6-9,11H2,1H3,(H,23,25)/t12-,13+,14+,17+/m1/s1. The molecule has 2 aliphatic carbocycles. The average Bonchev–Trinajstić information content (AvgIpc) is 3.32. The van der Waals surface area contributed by atoms with Gasteiger partial charge in [-0.05, 0) is 50.0 Å². The number of esters is 1. The lowest BCUT2D eigenvalue weighted by atomic mass is 9.84. The predicted molar refractivity (Wildman–Crippen MR) is 104 cm³/mol. The molecule has 148 valence electrons. The van der Waals surface area contributed by atoms with Crippen molar-refractivity contribution >= 4 is 22.6 Å². The number of carbonyl (C=O) groups is 2. The molecule has 0 saturated heterocycles. The van der Waals surface area contributed by atoms with Gasteiger partial charge in [-0.25, -0.2) is 4.79 Å². The highest BCUT2D eigenvalue weighted by Gasteiger charge is 2.42. The number of rotatable bonds is 5. The van der Waals surface area contributed by atoms with E-state index in [4.69, 9.17) is 4.74 Å². The predicted octanol–water partition coefficient (Wildman–Crippen LogP) is 3.35. The quantitative estimate of drug-likeness (QED) is 0.544. The number of amides is 1. The molecule has 6 nitrogen and oxygen atoms in total. The van der Waals surface area contributed by atoms with Crippen LogP contribution >= 0.6 is 0 Å². The Morgan fingerprint density at radius 2 is 1.93 bits per heavy atom. The van der Waals surface area contributed by atoms with Crippen molar-refractivity contribution in [2.45, 2.75) is 38.6 Å². The van der Waals surface area contributed by atoms with Gasteiger partial charge in [-0.1, -0.05) is 30.7 Å². The summed E-state index contributed by atoms with van der Waals surface area (Å²) in [5, 5.41) is 24.2. The summed E-state index contributed by atoms with van der Waals surface area (Å²) in [4.78, 5) is 24.6. The second-order valence-corrected chi connectivity index (χ2v) is 8.11. The molecule has 28 heavy (non-hydrogen) atoms. The van der Waals surface area contributed by atoms with Crippen LogP contribution in [0.3, 0.4) is 0 Å². The summed E-state index contributed by atoms with van der Waals surface area (Å²) in [6.07, 6.45) is 4.98. The van der Waals surface area contributed by atoms with Crippen LogP contribution < -0.4 is 5.32 Å². The van der Waals surface area contributed by atoms with Crippen molar-refractivity contribution in [1.82, 2.24) is 5.32 Å². The summed E-state index contributed by atoms with van der Waals surface area (Å²) in [6.45, 7) is 1.59. The maximum atomic E-state index is 12.3. The lowest BCUT2D eigenvalue weighted by Gasteiger charge is -2.28. The third kappa shape index (κ3) is 3.39. The first-order chi connectivity index (χ1) is 13.4. The van der Waals surface area contributed by atoms with Gasteiger partial charge in [-0.2, -0.15) is 0 Å². The molecule has 2 aromatic rings. The van der Waals surface area contributed by atoms with E-state index in [1.807, 2.05) is 6.92 Å². The van der Waals surface area contributed by atoms with Crippen molar-refractivity contribution in [3.05, 3.63) is 35.9 Å².